The summed E-state index contributed by atoms with van der Waals surface area (Å²) in [5.74, 6) is 0. The molecule has 0 N–H and O–H groups in total. The molecule has 0 amide bonds. The van der Waals surface area contributed by atoms with Gasteiger partial charge in [0.2, 0.25) is 0 Å². The fourth-order valence-corrected chi connectivity index (χ4v) is 3.88. The van der Waals surface area contributed by atoms with Crippen LogP contribution in [-0.4, -0.2) is 0 Å². The van der Waals surface area contributed by atoms with Gasteiger partial charge in [-0.15, -0.1) is 0 Å². The van der Waals surface area contributed by atoms with Crippen LogP contribution < -0.4 is 0 Å². The van der Waals surface area contributed by atoms with E-state index in [2.05, 4.69) is 39.8 Å². The molecule has 2 aliphatic rings. The average Bonchev–Trinajstić information content (AvgIpc) is 3.06. The predicted molar refractivity (Wildman–Crippen MR) is 89.9 cm³/mol. The zero-order valence-corrected chi connectivity index (χ0v) is 13.8. The van der Waals surface area contributed by atoms with Crippen molar-refractivity contribution in [2.24, 2.45) is 0 Å². The van der Waals surface area contributed by atoms with Crippen LogP contribution in [0.2, 0.25) is 0 Å². The predicted octanol–water partition coefficient (Wildman–Crippen LogP) is 6.66. The minimum absolute atomic E-state index is 1.21. The third-order valence-corrected chi connectivity index (χ3v) is 5.04. The van der Waals surface area contributed by atoms with Crippen molar-refractivity contribution in [3.05, 3.63) is 45.6 Å². The highest BCUT2D eigenvalue weighted by Crippen LogP contribution is 2.37. The van der Waals surface area contributed by atoms with E-state index < -0.39 is 0 Å². The van der Waals surface area contributed by atoms with Crippen molar-refractivity contribution >= 4 is 0 Å². The van der Waals surface area contributed by atoms with Gasteiger partial charge in [0.25, 0.3) is 0 Å². The molecule has 0 atom stereocenters. The van der Waals surface area contributed by atoms with E-state index in [1.54, 1.807) is 33.4 Å². The molecule has 0 saturated heterocycles. The molecule has 20 heavy (non-hydrogen) atoms. The Labute approximate surface area is 125 Å². The second-order valence-electron chi connectivity index (χ2n) is 5.95. The largest absolute Gasteiger partial charge is 0.0769 e. The highest BCUT2D eigenvalue weighted by Gasteiger charge is 2.18. The third kappa shape index (κ3) is 3.00. The number of rotatable bonds is 7. The molecule has 110 valence electrons. The summed E-state index contributed by atoms with van der Waals surface area (Å²) in [4.78, 5) is 0. The summed E-state index contributed by atoms with van der Waals surface area (Å²) in [7, 11) is 0. The van der Waals surface area contributed by atoms with E-state index in [4.69, 9.17) is 0 Å². The Hall–Kier alpha value is -1.04. The van der Waals surface area contributed by atoms with Gasteiger partial charge in [0.15, 0.2) is 0 Å². The van der Waals surface area contributed by atoms with Crippen molar-refractivity contribution in [3.63, 3.8) is 0 Å². The molecule has 0 nitrogen and oxygen atoms in total. The highest BCUT2D eigenvalue weighted by atomic mass is 14.2. The molecule has 0 bridgehead atoms. The van der Waals surface area contributed by atoms with Crippen LogP contribution >= 0.6 is 0 Å². The van der Waals surface area contributed by atoms with Gasteiger partial charge >= 0.3 is 0 Å². The SMILES string of the molecule is CCC1=C(CC)C(CCC2=CCC(CC)=C2CC)=CC1. The van der Waals surface area contributed by atoms with Gasteiger partial charge in [-0.25, -0.2) is 0 Å². The minimum Gasteiger partial charge on any atom is -0.0769 e. The molecule has 0 aliphatic heterocycles. The van der Waals surface area contributed by atoms with Crippen molar-refractivity contribution in [1.82, 2.24) is 0 Å². The summed E-state index contributed by atoms with van der Waals surface area (Å²) in [6.45, 7) is 9.22. The van der Waals surface area contributed by atoms with Gasteiger partial charge in [0.1, 0.15) is 0 Å². The monoisotopic (exact) mass is 270 g/mol. The Morgan fingerprint density at radius 1 is 0.650 bits per heavy atom. The Bertz CT molecular complexity index is 434. The molecule has 2 rings (SSSR count). The van der Waals surface area contributed by atoms with Gasteiger partial charge in [-0.05, 0) is 73.7 Å². The molecule has 0 aromatic heterocycles. The second-order valence-corrected chi connectivity index (χ2v) is 5.95. The molecule has 0 unspecified atom stereocenters. The maximum absolute atomic E-state index is 2.49. The molecule has 0 spiro atoms. The summed E-state index contributed by atoms with van der Waals surface area (Å²) in [5.41, 5.74) is 10.00. The lowest BCUT2D eigenvalue weighted by atomic mass is 9.93. The third-order valence-electron chi connectivity index (χ3n) is 5.04. The Morgan fingerprint density at radius 3 is 1.35 bits per heavy atom. The summed E-state index contributed by atoms with van der Waals surface area (Å²) in [6, 6.07) is 0. The van der Waals surface area contributed by atoms with Gasteiger partial charge in [-0.1, -0.05) is 51.0 Å². The van der Waals surface area contributed by atoms with Gasteiger partial charge in [0, 0.05) is 0 Å². The van der Waals surface area contributed by atoms with E-state index in [9.17, 15) is 0 Å². The van der Waals surface area contributed by atoms with Crippen molar-refractivity contribution in [2.45, 2.75) is 79.1 Å². The molecule has 0 aromatic carbocycles. The number of hydrogen-bond acceptors (Lipinski definition) is 0. The molecule has 0 heterocycles. The molecular weight excluding hydrogens is 240 g/mol. The standard InChI is InChI=1S/C20H30/c1-5-15-9-11-17(19(15)7-3)13-14-18-12-10-16(6-2)20(18)8-4/h11-12H,5-10,13-14H2,1-4H3. The first kappa shape index (κ1) is 15.4. The lowest BCUT2D eigenvalue weighted by Gasteiger charge is -2.12. The van der Waals surface area contributed by atoms with Gasteiger partial charge < -0.3 is 0 Å². The molecular formula is C20H30. The van der Waals surface area contributed by atoms with Crippen LogP contribution in [0.25, 0.3) is 0 Å². The molecule has 2 aliphatic carbocycles. The van der Waals surface area contributed by atoms with Crippen LogP contribution in [0.1, 0.15) is 79.1 Å². The summed E-state index contributed by atoms with van der Waals surface area (Å²) < 4.78 is 0. The average molecular weight is 270 g/mol. The summed E-state index contributed by atoms with van der Waals surface area (Å²) >= 11 is 0. The Balaban J connectivity index is 2.01. The van der Waals surface area contributed by atoms with Gasteiger partial charge in [0.05, 0.1) is 0 Å². The van der Waals surface area contributed by atoms with Crippen LogP contribution in [-0.2, 0) is 0 Å². The van der Waals surface area contributed by atoms with E-state index >= 15 is 0 Å². The molecule has 0 heteroatoms. The van der Waals surface area contributed by atoms with Crippen LogP contribution in [0, 0.1) is 0 Å². The van der Waals surface area contributed by atoms with Crippen LogP contribution in [0.4, 0.5) is 0 Å². The lowest BCUT2D eigenvalue weighted by molar-refractivity contribution is 0.896. The number of hydrogen-bond donors (Lipinski definition) is 0. The van der Waals surface area contributed by atoms with Crippen LogP contribution in [0.5, 0.6) is 0 Å². The normalized spacial score (nSPS) is 19.0. The zero-order valence-electron chi connectivity index (χ0n) is 13.8. The van der Waals surface area contributed by atoms with Crippen LogP contribution in [0.15, 0.2) is 45.6 Å². The zero-order chi connectivity index (χ0) is 14.5. The summed E-state index contributed by atoms with van der Waals surface area (Å²) in [5, 5.41) is 0. The van der Waals surface area contributed by atoms with E-state index in [0.29, 0.717) is 0 Å². The number of allylic oxidation sites excluding steroid dienone is 8. The van der Waals surface area contributed by atoms with Gasteiger partial charge in [-0.2, -0.15) is 0 Å². The highest BCUT2D eigenvalue weighted by molar-refractivity contribution is 5.46. The quantitative estimate of drug-likeness (QED) is 0.485. The minimum atomic E-state index is 1.21. The van der Waals surface area contributed by atoms with Crippen LogP contribution in [0.3, 0.4) is 0 Å². The van der Waals surface area contributed by atoms with Crippen molar-refractivity contribution < 1.29 is 0 Å². The summed E-state index contributed by atoms with van der Waals surface area (Å²) in [6.07, 6.45) is 14.8. The van der Waals surface area contributed by atoms with E-state index in [1.165, 1.54) is 51.4 Å². The van der Waals surface area contributed by atoms with Crippen molar-refractivity contribution in [1.29, 1.82) is 0 Å². The fraction of sp³-hybridized carbons (Fsp3) is 0.600. The maximum atomic E-state index is 2.49. The Kier molecular flexibility index (Phi) is 5.46. The molecule has 0 aromatic rings. The smallest absolute Gasteiger partial charge is 0.0127 e. The molecule has 0 fully saturated rings. The van der Waals surface area contributed by atoms with Gasteiger partial charge in [-0.3, -0.25) is 0 Å². The van der Waals surface area contributed by atoms with E-state index in [0.717, 1.165) is 0 Å². The molecule has 0 radical (unpaired) electrons. The first-order chi connectivity index (χ1) is 9.74. The maximum Gasteiger partial charge on any atom is -0.0127 e. The van der Waals surface area contributed by atoms with E-state index in [-0.39, 0.29) is 0 Å². The van der Waals surface area contributed by atoms with E-state index in [1.807, 2.05) is 0 Å². The first-order valence-corrected chi connectivity index (χ1v) is 8.55. The molecule has 0 saturated carbocycles. The Morgan fingerprint density at radius 2 is 1.05 bits per heavy atom. The second kappa shape index (κ2) is 7.11. The topological polar surface area (TPSA) is 0 Å². The first-order valence-electron chi connectivity index (χ1n) is 8.55. The van der Waals surface area contributed by atoms with Crippen molar-refractivity contribution in [2.75, 3.05) is 0 Å². The fourth-order valence-electron chi connectivity index (χ4n) is 3.88. The van der Waals surface area contributed by atoms with Crippen molar-refractivity contribution in [3.8, 4) is 0 Å². The lowest BCUT2D eigenvalue weighted by Crippen LogP contribution is -1.93.